The van der Waals surface area contributed by atoms with Gasteiger partial charge in [0.1, 0.15) is 11.6 Å². The van der Waals surface area contributed by atoms with Gasteiger partial charge in [0.2, 0.25) is 5.95 Å². The van der Waals surface area contributed by atoms with E-state index in [1.165, 1.54) is 17.7 Å². The quantitative estimate of drug-likeness (QED) is 0.782. The van der Waals surface area contributed by atoms with Gasteiger partial charge in [-0.3, -0.25) is 0 Å². The van der Waals surface area contributed by atoms with Gasteiger partial charge >= 0.3 is 0 Å². The second-order valence-corrected chi connectivity index (χ2v) is 5.77. The van der Waals surface area contributed by atoms with Crippen molar-refractivity contribution in [3.63, 3.8) is 0 Å². The van der Waals surface area contributed by atoms with Gasteiger partial charge in [0.05, 0.1) is 11.9 Å². The van der Waals surface area contributed by atoms with Crippen LogP contribution >= 0.6 is 0 Å². The van der Waals surface area contributed by atoms with Crippen LogP contribution in [0.5, 0.6) is 0 Å². The number of halogens is 2. The van der Waals surface area contributed by atoms with E-state index in [1.54, 1.807) is 6.20 Å². The molecule has 2 aromatic carbocycles. The molecule has 0 fully saturated rings. The van der Waals surface area contributed by atoms with Gasteiger partial charge in [0.15, 0.2) is 5.82 Å². The van der Waals surface area contributed by atoms with Crippen molar-refractivity contribution in [1.29, 1.82) is 0 Å². The number of nitrogens with one attached hydrogen (secondary N) is 1. The van der Waals surface area contributed by atoms with Crippen molar-refractivity contribution in [3.05, 3.63) is 65.9 Å². The largest absolute Gasteiger partial charge is 0.325 e. The zero-order chi connectivity index (χ0) is 17.2. The molecule has 0 bridgehead atoms. The highest BCUT2D eigenvalue weighted by molar-refractivity contribution is 5.66. The molecule has 2 heterocycles. The van der Waals surface area contributed by atoms with Gasteiger partial charge < -0.3 is 10.2 Å². The smallest absolute Gasteiger partial charge is 0.249 e. The molecular formula is C18H15F2N5. The standard InChI is InChI=1S/C18H15F2N5/c19-13-7-8-15(14(20)10-13)22-18-23-17(11-21-24-18)25-9-3-5-12-4-1-2-6-16(12)25/h1-2,4,6-8,10-11H,3,5,9H2,(H,22,23,24). The predicted molar refractivity (Wildman–Crippen MR) is 91.2 cm³/mol. The minimum Gasteiger partial charge on any atom is -0.325 e. The maximum absolute atomic E-state index is 13.8. The summed E-state index contributed by atoms with van der Waals surface area (Å²) in [5.41, 5.74) is 2.44. The van der Waals surface area contributed by atoms with Gasteiger partial charge in [-0.25, -0.2) is 8.78 Å². The first-order valence-corrected chi connectivity index (χ1v) is 7.98. The number of anilines is 4. The average Bonchev–Trinajstić information content (AvgIpc) is 2.64. The van der Waals surface area contributed by atoms with Gasteiger partial charge in [-0.1, -0.05) is 18.2 Å². The van der Waals surface area contributed by atoms with Gasteiger partial charge in [0.25, 0.3) is 0 Å². The third-order valence-electron chi connectivity index (χ3n) is 4.11. The molecule has 126 valence electrons. The summed E-state index contributed by atoms with van der Waals surface area (Å²) in [7, 11) is 0. The van der Waals surface area contributed by atoms with E-state index in [-0.39, 0.29) is 11.6 Å². The number of aryl methyl sites for hydroxylation is 1. The molecule has 7 heteroatoms. The summed E-state index contributed by atoms with van der Waals surface area (Å²) < 4.78 is 26.8. The Morgan fingerprint density at radius 1 is 1.08 bits per heavy atom. The first-order valence-electron chi connectivity index (χ1n) is 7.98. The molecule has 0 atom stereocenters. The van der Waals surface area contributed by atoms with Crippen LogP contribution < -0.4 is 10.2 Å². The van der Waals surface area contributed by atoms with E-state index in [9.17, 15) is 8.78 Å². The third kappa shape index (κ3) is 3.13. The summed E-state index contributed by atoms with van der Waals surface area (Å²) in [5, 5.41) is 10.6. The Hall–Kier alpha value is -3.09. The van der Waals surface area contributed by atoms with E-state index in [0.29, 0.717) is 5.82 Å². The van der Waals surface area contributed by atoms with E-state index in [1.807, 2.05) is 18.2 Å². The van der Waals surface area contributed by atoms with Crippen LogP contribution in [-0.4, -0.2) is 21.7 Å². The molecule has 0 aliphatic carbocycles. The number of hydrogen-bond donors (Lipinski definition) is 1. The van der Waals surface area contributed by atoms with E-state index in [0.717, 1.165) is 31.1 Å². The average molecular weight is 339 g/mol. The first-order chi connectivity index (χ1) is 12.2. The molecule has 25 heavy (non-hydrogen) atoms. The van der Waals surface area contributed by atoms with Crippen molar-refractivity contribution in [2.75, 3.05) is 16.8 Å². The van der Waals surface area contributed by atoms with Gasteiger partial charge in [-0.15, -0.1) is 5.10 Å². The molecule has 3 aromatic rings. The molecule has 0 saturated carbocycles. The predicted octanol–water partition coefficient (Wildman–Crippen LogP) is 3.98. The summed E-state index contributed by atoms with van der Waals surface area (Å²) in [6.45, 7) is 0.820. The third-order valence-corrected chi connectivity index (χ3v) is 4.11. The number of fused-ring (bicyclic) bond motifs is 1. The van der Waals surface area contributed by atoms with Gasteiger partial charge in [-0.2, -0.15) is 10.1 Å². The summed E-state index contributed by atoms with van der Waals surface area (Å²) in [5.74, 6) is -0.559. The fraction of sp³-hybridized carbons (Fsp3) is 0.167. The van der Waals surface area contributed by atoms with Crippen LogP contribution in [0, 0.1) is 11.6 Å². The van der Waals surface area contributed by atoms with Crippen LogP contribution in [0.15, 0.2) is 48.7 Å². The molecule has 0 unspecified atom stereocenters. The molecule has 1 N–H and O–H groups in total. The highest BCUT2D eigenvalue weighted by Crippen LogP contribution is 2.32. The second-order valence-electron chi connectivity index (χ2n) is 5.77. The lowest BCUT2D eigenvalue weighted by atomic mass is 10.0. The SMILES string of the molecule is Fc1ccc(Nc2nncc(N3CCCc4ccccc43)n2)c(F)c1. The van der Waals surface area contributed by atoms with Crippen LogP contribution in [0.2, 0.25) is 0 Å². The molecule has 0 amide bonds. The van der Waals surface area contributed by atoms with E-state index in [2.05, 4.69) is 31.5 Å². The second kappa shape index (κ2) is 6.43. The van der Waals surface area contributed by atoms with Crippen LogP contribution in [0.25, 0.3) is 0 Å². The zero-order valence-corrected chi connectivity index (χ0v) is 13.3. The summed E-state index contributed by atoms with van der Waals surface area (Å²) in [6.07, 6.45) is 3.61. The molecule has 1 aromatic heterocycles. The van der Waals surface area contributed by atoms with E-state index >= 15 is 0 Å². The maximum Gasteiger partial charge on any atom is 0.249 e. The monoisotopic (exact) mass is 339 g/mol. The number of rotatable bonds is 3. The number of hydrogen-bond acceptors (Lipinski definition) is 5. The van der Waals surface area contributed by atoms with Crippen molar-refractivity contribution in [2.45, 2.75) is 12.8 Å². The Morgan fingerprint density at radius 2 is 1.96 bits per heavy atom. The number of para-hydroxylation sites is 1. The number of aromatic nitrogens is 3. The van der Waals surface area contributed by atoms with Crippen LogP contribution in [0.3, 0.4) is 0 Å². The molecule has 4 rings (SSSR count). The Labute approximate surface area is 143 Å². The van der Waals surface area contributed by atoms with Crippen molar-refractivity contribution >= 4 is 23.1 Å². The summed E-state index contributed by atoms with van der Waals surface area (Å²) in [4.78, 5) is 6.50. The summed E-state index contributed by atoms with van der Waals surface area (Å²) in [6, 6.07) is 11.4. The van der Waals surface area contributed by atoms with Crippen LogP contribution in [-0.2, 0) is 6.42 Å². The Kier molecular flexibility index (Phi) is 3.97. The molecule has 1 aliphatic heterocycles. The van der Waals surface area contributed by atoms with Gasteiger partial charge in [0, 0.05) is 18.3 Å². The van der Waals surface area contributed by atoms with Crippen molar-refractivity contribution < 1.29 is 8.78 Å². The van der Waals surface area contributed by atoms with Crippen molar-refractivity contribution in [2.24, 2.45) is 0 Å². The van der Waals surface area contributed by atoms with E-state index < -0.39 is 11.6 Å². The Balaban J connectivity index is 1.64. The minimum atomic E-state index is -0.711. The molecular weight excluding hydrogens is 324 g/mol. The van der Waals surface area contributed by atoms with Crippen LogP contribution in [0.1, 0.15) is 12.0 Å². The highest BCUT2D eigenvalue weighted by atomic mass is 19.1. The highest BCUT2D eigenvalue weighted by Gasteiger charge is 2.19. The minimum absolute atomic E-state index is 0.0967. The normalized spacial score (nSPS) is 13.4. The van der Waals surface area contributed by atoms with Crippen molar-refractivity contribution in [1.82, 2.24) is 15.2 Å². The van der Waals surface area contributed by atoms with Crippen LogP contribution in [0.4, 0.5) is 31.9 Å². The Bertz CT molecular complexity index is 915. The lowest BCUT2D eigenvalue weighted by Gasteiger charge is -2.30. The van der Waals surface area contributed by atoms with Crippen molar-refractivity contribution in [3.8, 4) is 0 Å². The topological polar surface area (TPSA) is 53.9 Å². The lowest BCUT2D eigenvalue weighted by molar-refractivity contribution is 0.586. The fourth-order valence-corrected chi connectivity index (χ4v) is 2.96. The van der Waals surface area contributed by atoms with Gasteiger partial charge in [-0.05, 0) is 36.6 Å². The molecule has 0 radical (unpaired) electrons. The maximum atomic E-state index is 13.8. The Morgan fingerprint density at radius 3 is 2.84 bits per heavy atom. The molecule has 5 nitrogen and oxygen atoms in total. The molecule has 1 aliphatic rings. The first kappa shape index (κ1) is 15.4. The zero-order valence-electron chi connectivity index (χ0n) is 13.3. The number of benzene rings is 2. The van der Waals surface area contributed by atoms with E-state index in [4.69, 9.17) is 0 Å². The number of nitrogens with zero attached hydrogens (tertiary/aromatic N) is 4. The molecule has 0 saturated heterocycles. The summed E-state index contributed by atoms with van der Waals surface area (Å²) >= 11 is 0. The lowest BCUT2D eigenvalue weighted by Crippen LogP contribution is -2.25. The fourth-order valence-electron chi connectivity index (χ4n) is 2.96. The molecule has 0 spiro atoms.